The number of rotatable bonds is 4. The molecule has 2 N–H and O–H groups in total. The normalized spacial score (nSPS) is 17.2. The van der Waals surface area contributed by atoms with Crippen LogP contribution in [0, 0.1) is 10.1 Å². The van der Waals surface area contributed by atoms with Gasteiger partial charge in [-0.1, -0.05) is 15.9 Å². The number of nitro benzene ring substituents is 1. The molecule has 0 aromatic heterocycles. The summed E-state index contributed by atoms with van der Waals surface area (Å²) < 4.78 is 5.68. The zero-order valence-corrected chi connectivity index (χ0v) is 12.8. The fraction of sp³-hybridized carbons (Fsp3) is 0.462. The molecule has 1 saturated heterocycles. The van der Waals surface area contributed by atoms with E-state index in [0.717, 1.165) is 0 Å². The van der Waals surface area contributed by atoms with Crippen molar-refractivity contribution in [2.24, 2.45) is 0 Å². The standard InChI is InChI=1S/C13H15BrN2O5/c14-10-5-9(6-11(7-10)16(19)20)12(18)15-13(8-17)1-3-21-4-2-13/h5-7,17H,1-4,8H2,(H,15,18). The van der Waals surface area contributed by atoms with Crippen LogP contribution in [0.2, 0.25) is 0 Å². The number of aliphatic hydroxyl groups is 1. The molecular formula is C13H15BrN2O5. The summed E-state index contributed by atoms with van der Waals surface area (Å²) >= 11 is 3.15. The van der Waals surface area contributed by atoms with E-state index in [1.165, 1.54) is 18.2 Å². The second-order valence-electron chi connectivity index (χ2n) is 4.96. The number of halogens is 1. The van der Waals surface area contributed by atoms with Gasteiger partial charge in [-0.25, -0.2) is 0 Å². The fourth-order valence-corrected chi connectivity index (χ4v) is 2.69. The first-order valence-electron chi connectivity index (χ1n) is 6.42. The van der Waals surface area contributed by atoms with Crippen molar-refractivity contribution in [3.8, 4) is 0 Å². The van der Waals surface area contributed by atoms with Crippen molar-refractivity contribution in [2.75, 3.05) is 19.8 Å². The zero-order chi connectivity index (χ0) is 15.5. The van der Waals surface area contributed by atoms with E-state index >= 15 is 0 Å². The van der Waals surface area contributed by atoms with Crippen molar-refractivity contribution in [1.29, 1.82) is 0 Å². The van der Waals surface area contributed by atoms with Gasteiger partial charge in [0.05, 0.1) is 17.1 Å². The molecule has 0 saturated carbocycles. The highest BCUT2D eigenvalue weighted by Gasteiger charge is 2.34. The van der Waals surface area contributed by atoms with Gasteiger partial charge in [0.1, 0.15) is 0 Å². The largest absolute Gasteiger partial charge is 0.394 e. The summed E-state index contributed by atoms with van der Waals surface area (Å²) in [6.45, 7) is 0.719. The number of nitrogens with one attached hydrogen (secondary N) is 1. The third kappa shape index (κ3) is 3.78. The molecule has 0 atom stereocenters. The Balaban J connectivity index is 2.21. The summed E-state index contributed by atoms with van der Waals surface area (Å²) in [6.07, 6.45) is 1.01. The second-order valence-corrected chi connectivity index (χ2v) is 5.88. The maximum atomic E-state index is 12.3. The number of aliphatic hydroxyl groups excluding tert-OH is 1. The Bertz CT molecular complexity index is 557. The molecule has 114 valence electrons. The Morgan fingerprint density at radius 3 is 2.67 bits per heavy atom. The predicted octanol–water partition coefficient (Wildman–Crippen LogP) is 1.63. The lowest BCUT2D eigenvalue weighted by atomic mass is 9.90. The summed E-state index contributed by atoms with van der Waals surface area (Å²) in [7, 11) is 0. The molecule has 1 aliphatic rings. The highest BCUT2D eigenvalue weighted by molar-refractivity contribution is 9.10. The molecule has 2 rings (SSSR count). The van der Waals surface area contributed by atoms with Gasteiger partial charge in [-0.3, -0.25) is 14.9 Å². The maximum Gasteiger partial charge on any atom is 0.271 e. The number of ether oxygens (including phenoxy) is 1. The Morgan fingerprint density at radius 2 is 2.10 bits per heavy atom. The van der Waals surface area contributed by atoms with Gasteiger partial charge in [0.25, 0.3) is 11.6 Å². The van der Waals surface area contributed by atoms with E-state index < -0.39 is 16.4 Å². The number of amides is 1. The van der Waals surface area contributed by atoms with Crippen molar-refractivity contribution in [3.63, 3.8) is 0 Å². The summed E-state index contributed by atoms with van der Waals surface area (Å²) in [6, 6.07) is 4.05. The molecule has 21 heavy (non-hydrogen) atoms. The first-order valence-corrected chi connectivity index (χ1v) is 7.21. The van der Waals surface area contributed by atoms with Gasteiger partial charge >= 0.3 is 0 Å². The van der Waals surface area contributed by atoms with E-state index in [4.69, 9.17) is 4.74 Å². The summed E-state index contributed by atoms with van der Waals surface area (Å²) in [5.74, 6) is -0.449. The molecule has 0 spiro atoms. The van der Waals surface area contributed by atoms with Crippen LogP contribution >= 0.6 is 15.9 Å². The smallest absolute Gasteiger partial charge is 0.271 e. The van der Waals surface area contributed by atoms with Crippen molar-refractivity contribution in [1.82, 2.24) is 5.32 Å². The van der Waals surface area contributed by atoms with Crippen molar-refractivity contribution in [2.45, 2.75) is 18.4 Å². The molecule has 1 fully saturated rings. The van der Waals surface area contributed by atoms with E-state index in [9.17, 15) is 20.0 Å². The lowest BCUT2D eigenvalue weighted by molar-refractivity contribution is -0.385. The molecule has 8 heteroatoms. The second kappa shape index (κ2) is 6.50. The van der Waals surface area contributed by atoms with E-state index in [1.54, 1.807) is 0 Å². The Labute approximate surface area is 129 Å². The third-order valence-electron chi connectivity index (χ3n) is 3.49. The number of hydrogen-bond donors (Lipinski definition) is 2. The van der Waals surface area contributed by atoms with Crippen LogP contribution in [-0.2, 0) is 4.74 Å². The van der Waals surface area contributed by atoms with E-state index in [1.807, 2.05) is 0 Å². The third-order valence-corrected chi connectivity index (χ3v) is 3.94. The van der Waals surface area contributed by atoms with Crippen LogP contribution < -0.4 is 5.32 Å². The summed E-state index contributed by atoms with van der Waals surface area (Å²) in [5.41, 5.74) is -0.721. The van der Waals surface area contributed by atoms with Crippen LogP contribution in [0.15, 0.2) is 22.7 Å². The molecular weight excluding hydrogens is 344 g/mol. The van der Waals surface area contributed by atoms with Gasteiger partial charge in [-0.05, 0) is 18.9 Å². The molecule has 0 aliphatic carbocycles. The number of non-ortho nitro benzene ring substituents is 1. The zero-order valence-electron chi connectivity index (χ0n) is 11.2. The molecule has 1 aromatic carbocycles. The van der Waals surface area contributed by atoms with Crippen LogP contribution in [0.3, 0.4) is 0 Å². The number of carbonyl (C=O) groups excluding carboxylic acids is 1. The molecule has 7 nitrogen and oxygen atoms in total. The molecule has 1 amide bonds. The van der Waals surface area contributed by atoms with E-state index in [-0.39, 0.29) is 17.9 Å². The van der Waals surface area contributed by atoms with Crippen molar-refractivity contribution < 1.29 is 19.6 Å². The minimum absolute atomic E-state index is 0.167. The van der Waals surface area contributed by atoms with Gasteiger partial charge < -0.3 is 15.2 Å². The number of benzene rings is 1. The molecule has 1 aromatic rings. The summed E-state index contributed by atoms with van der Waals surface area (Å²) in [5, 5.41) is 23.2. The van der Waals surface area contributed by atoms with Gasteiger partial charge in [-0.15, -0.1) is 0 Å². The lowest BCUT2D eigenvalue weighted by Gasteiger charge is -2.36. The van der Waals surface area contributed by atoms with Crippen molar-refractivity contribution >= 4 is 27.5 Å². The first-order chi connectivity index (χ1) is 9.96. The monoisotopic (exact) mass is 358 g/mol. The summed E-state index contributed by atoms with van der Waals surface area (Å²) in [4.78, 5) is 22.6. The average Bonchev–Trinajstić information content (AvgIpc) is 2.47. The highest BCUT2D eigenvalue weighted by Crippen LogP contribution is 2.24. The molecule has 1 heterocycles. The maximum absolute atomic E-state index is 12.3. The molecule has 0 unspecified atom stereocenters. The average molecular weight is 359 g/mol. The number of nitro groups is 1. The van der Waals surface area contributed by atoms with Crippen LogP contribution in [0.4, 0.5) is 5.69 Å². The van der Waals surface area contributed by atoms with Crippen LogP contribution in [0.1, 0.15) is 23.2 Å². The first kappa shape index (κ1) is 15.9. The molecule has 1 aliphatic heterocycles. The predicted molar refractivity (Wildman–Crippen MR) is 78.1 cm³/mol. The SMILES string of the molecule is O=C(NC1(CO)CCOCC1)c1cc(Br)cc([N+](=O)[O-])c1. The number of nitrogens with zero attached hydrogens (tertiary/aromatic N) is 1. The van der Waals surface area contributed by atoms with Crippen LogP contribution in [0.25, 0.3) is 0 Å². The quantitative estimate of drug-likeness (QED) is 0.629. The van der Waals surface area contributed by atoms with Crippen LogP contribution in [-0.4, -0.2) is 41.3 Å². The Kier molecular flexibility index (Phi) is 4.92. The lowest BCUT2D eigenvalue weighted by Crippen LogP contribution is -2.54. The molecule has 0 radical (unpaired) electrons. The topological polar surface area (TPSA) is 102 Å². The Hall–Kier alpha value is -1.51. The highest BCUT2D eigenvalue weighted by atomic mass is 79.9. The van der Waals surface area contributed by atoms with Gasteiger partial charge in [-0.2, -0.15) is 0 Å². The number of carbonyl (C=O) groups is 1. The van der Waals surface area contributed by atoms with Gasteiger partial charge in [0.2, 0.25) is 0 Å². The van der Waals surface area contributed by atoms with Gasteiger partial charge in [0, 0.05) is 35.4 Å². The van der Waals surface area contributed by atoms with Crippen LogP contribution in [0.5, 0.6) is 0 Å². The molecule has 0 bridgehead atoms. The fourth-order valence-electron chi connectivity index (χ4n) is 2.21. The van der Waals surface area contributed by atoms with E-state index in [2.05, 4.69) is 21.2 Å². The number of hydrogen-bond acceptors (Lipinski definition) is 5. The minimum atomic E-state index is -0.730. The van der Waals surface area contributed by atoms with E-state index in [0.29, 0.717) is 30.5 Å². The Morgan fingerprint density at radius 1 is 1.43 bits per heavy atom. The minimum Gasteiger partial charge on any atom is -0.394 e. The van der Waals surface area contributed by atoms with Crippen molar-refractivity contribution in [3.05, 3.63) is 38.3 Å². The van der Waals surface area contributed by atoms with Gasteiger partial charge in [0.15, 0.2) is 0 Å².